The lowest BCUT2D eigenvalue weighted by atomic mass is 10.1. The van der Waals surface area contributed by atoms with Gasteiger partial charge in [-0.3, -0.25) is 9.69 Å². The summed E-state index contributed by atoms with van der Waals surface area (Å²) < 4.78 is 0. The third-order valence-corrected chi connectivity index (χ3v) is 3.86. The maximum atomic E-state index is 12.3. The summed E-state index contributed by atoms with van der Waals surface area (Å²) in [6.45, 7) is 3.63. The summed E-state index contributed by atoms with van der Waals surface area (Å²) in [6, 6.07) is 10.2. The fourth-order valence-electron chi connectivity index (χ4n) is 2.26. The van der Waals surface area contributed by atoms with Gasteiger partial charge in [0.25, 0.3) is 0 Å². The Labute approximate surface area is 128 Å². The molecule has 0 radical (unpaired) electrons. The van der Waals surface area contributed by atoms with Crippen LogP contribution in [0.1, 0.15) is 37.8 Å². The van der Waals surface area contributed by atoms with Crippen molar-refractivity contribution < 1.29 is 9.90 Å². The van der Waals surface area contributed by atoms with E-state index >= 15 is 0 Å². The van der Waals surface area contributed by atoms with Gasteiger partial charge in [0.1, 0.15) is 0 Å². The Morgan fingerprint density at radius 2 is 1.81 bits per heavy atom. The second kappa shape index (κ2) is 9.53. The van der Waals surface area contributed by atoms with Gasteiger partial charge in [-0.1, -0.05) is 30.3 Å². The SMILES string of the molecule is CC(c1ccccc1)N(C)C(=O)CN(C)CCCCCO. The van der Waals surface area contributed by atoms with E-state index in [0.717, 1.165) is 31.4 Å². The number of aliphatic hydroxyl groups is 1. The lowest BCUT2D eigenvalue weighted by Crippen LogP contribution is -2.38. The number of likely N-dealkylation sites (N-methyl/N-ethyl adjacent to an activating group) is 2. The molecule has 1 atom stereocenters. The topological polar surface area (TPSA) is 43.8 Å². The highest BCUT2D eigenvalue weighted by Gasteiger charge is 2.18. The van der Waals surface area contributed by atoms with E-state index in [4.69, 9.17) is 5.11 Å². The number of unbranched alkanes of at least 4 members (excludes halogenated alkanes) is 2. The largest absolute Gasteiger partial charge is 0.396 e. The molecular formula is C17H28N2O2. The van der Waals surface area contributed by atoms with E-state index in [2.05, 4.69) is 6.92 Å². The fraction of sp³-hybridized carbons (Fsp3) is 0.588. The van der Waals surface area contributed by atoms with Crippen molar-refractivity contribution in [3.63, 3.8) is 0 Å². The molecule has 0 aromatic heterocycles. The van der Waals surface area contributed by atoms with Crippen LogP contribution in [0.3, 0.4) is 0 Å². The molecule has 1 rings (SSSR count). The maximum absolute atomic E-state index is 12.3. The van der Waals surface area contributed by atoms with E-state index in [-0.39, 0.29) is 18.6 Å². The number of carbonyl (C=O) groups is 1. The molecule has 4 heteroatoms. The van der Waals surface area contributed by atoms with Crippen LogP contribution in [0.2, 0.25) is 0 Å². The van der Waals surface area contributed by atoms with Gasteiger partial charge in [0, 0.05) is 13.7 Å². The van der Waals surface area contributed by atoms with E-state index in [0.29, 0.717) is 6.54 Å². The van der Waals surface area contributed by atoms with Gasteiger partial charge in [0.15, 0.2) is 0 Å². The summed E-state index contributed by atoms with van der Waals surface area (Å²) >= 11 is 0. The predicted molar refractivity (Wildman–Crippen MR) is 86.1 cm³/mol. The zero-order chi connectivity index (χ0) is 15.7. The second-order valence-electron chi connectivity index (χ2n) is 5.61. The van der Waals surface area contributed by atoms with Crippen LogP contribution >= 0.6 is 0 Å². The molecule has 1 N–H and O–H groups in total. The van der Waals surface area contributed by atoms with E-state index in [9.17, 15) is 4.79 Å². The van der Waals surface area contributed by atoms with Gasteiger partial charge in [-0.25, -0.2) is 0 Å². The molecule has 0 aliphatic rings. The van der Waals surface area contributed by atoms with Crippen molar-refractivity contribution in [2.24, 2.45) is 0 Å². The normalized spacial score (nSPS) is 12.4. The molecule has 0 spiro atoms. The first-order valence-corrected chi connectivity index (χ1v) is 7.66. The van der Waals surface area contributed by atoms with E-state index in [1.165, 1.54) is 0 Å². The van der Waals surface area contributed by atoms with Gasteiger partial charge in [-0.15, -0.1) is 0 Å². The summed E-state index contributed by atoms with van der Waals surface area (Å²) in [6.07, 6.45) is 2.86. The number of rotatable bonds is 9. The third kappa shape index (κ3) is 6.27. The van der Waals surface area contributed by atoms with Crippen LogP contribution in [0, 0.1) is 0 Å². The van der Waals surface area contributed by atoms with Gasteiger partial charge >= 0.3 is 0 Å². The summed E-state index contributed by atoms with van der Waals surface area (Å²) in [7, 11) is 3.83. The summed E-state index contributed by atoms with van der Waals surface area (Å²) in [5, 5.41) is 8.74. The average Bonchev–Trinajstić information content (AvgIpc) is 2.51. The Hall–Kier alpha value is -1.39. The lowest BCUT2D eigenvalue weighted by molar-refractivity contribution is -0.132. The first-order chi connectivity index (χ1) is 10.1. The van der Waals surface area contributed by atoms with Gasteiger partial charge in [0.2, 0.25) is 5.91 Å². The molecular weight excluding hydrogens is 264 g/mol. The van der Waals surface area contributed by atoms with Gasteiger partial charge in [-0.05, 0) is 45.3 Å². The minimum absolute atomic E-state index is 0.0847. The van der Waals surface area contributed by atoms with Crippen LogP contribution in [0.25, 0.3) is 0 Å². The van der Waals surface area contributed by atoms with Crippen molar-refractivity contribution >= 4 is 5.91 Å². The highest BCUT2D eigenvalue weighted by Crippen LogP contribution is 2.18. The van der Waals surface area contributed by atoms with Crippen LogP contribution in [-0.4, -0.2) is 54.6 Å². The number of hydrogen-bond donors (Lipinski definition) is 1. The molecule has 0 aliphatic heterocycles. The first-order valence-electron chi connectivity index (χ1n) is 7.66. The van der Waals surface area contributed by atoms with E-state index < -0.39 is 0 Å². The number of carbonyl (C=O) groups excluding carboxylic acids is 1. The van der Waals surface area contributed by atoms with Crippen molar-refractivity contribution in [1.29, 1.82) is 0 Å². The molecule has 21 heavy (non-hydrogen) atoms. The molecule has 4 nitrogen and oxygen atoms in total. The highest BCUT2D eigenvalue weighted by molar-refractivity contribution is 5.78. The predicted octanol–water partition coefficient (Wildman–Crippen LogP) is 2.30. The number of nitrogens with zero attached hydrogens (tertiary/aromatic N) is 2. The lowest BCUT2D eigenvalue weighted by Gasteiger charge is -2.27. The number of benzene rings is 1. The second-order valence-corrected chi connectivity index (χ2v) is 5.61. The van der Waals surface area contributed by atoms with Crippen molar-refractivity contribution in [2.75, 3.05) is 33.8 Å². The van der Waals surface area contributed by atoms with E-state index in [1.54, 1.807) is 4.90 Å². The summed E-state index contributed by atoms with van der Waals surface area (Å²) in [5.74, 6) is 0.135. The molecule has 0 heterocycles. The van der Waals surface area contributed by atoms with Gasteiger partial charge in [0.05, 0.1) is 12.6 Å². The molecule has 1 unspecified atom stereocenters. The zero-order valence-corrected chi connectivity index (χ0v) is 13.5. The van der Waals surface area contributed by atoms with Crippen molar-refractivity contribution in [2.45, 2.75) is 32.2 Å². The third-order valence-electron chi connectivity index (χ3n) is 3.86. The Bertz CT molecular complexity index is 409. The quantitative estimate of drug-likeness (QED) is 0.710. The Balaban J connectivity index is 2.40. The molecule has 0 aliphatic carbocycles. The molecule has 1 aromatic carbocycles. The molecule has 118 valence electrons. The molecule has 0 fully saturated rings. The molecule has 0 bridgehead atoms. The van der Waals surface area contributed by atoms with Crippen molar-refractivity contribution in [3.8, 4) is 0 Å². The maximum Gasteiger partial charge on any atom is 0.236 e. The molecule has 0 saturated carbocycles. The number of amides is 1. The van der Waals surface area contributed by atoms with Gasteiger partial charge < -0.3 is 10.0 Å². The van der Waals surface area contributed by atoms with Crippen LogP contribution in [0.4, 0.5) is 0 Å². The smallest absolute Gasteiger partial charge is 0.236 e. The molecule has 1 aromatic rings. The number of hydrogen-bond acceptors (Lipinski definition) is 3. The van der Waals surface area contributed by atoms with Gasteiger partial charge in [-0.2, -0.15) is 0 Å². The highest BCUT2D eigenvalue weighted by atomic mass is 16.2. The van der Waals surface area contributed by atoms with Crippen LogP contribution in [0.5, 0.6) is 0 Å². The van der Waals surface area contributed by atoms with Crippen LogP contribution in [0.15, 0.2) is 30.3 Å². The minimum Gasteiger partial charge on any atom is -0.396 e. The fourth-order valence-corrected chi connectivity index (χ4v) is 2.26. The van der Waals surface area contributed by atoms with Crippen molar-refractivity contribution in [3.05, 3.63) is 35.9 Å². The molecule has 0 saturated heterocycles. The van der Waals surface area contributed by atoms with Crippen LogP contribution in [-0.2, 0) is 4.79 Å². The Kier molecular flexibility index (Phi) is 8.01. The monoisotopic (exact) mass is 292 g/mol. The average molecular weight is 292 g/mol. The first kappa shape index (κ1) is 17.7. The zero-order valence-electron chi connectivity index (χ0n) is 13.5. The standard InChI is InChI=1S/C17H28N2O2/c1-15(16-10-6-4-7-11-16)19(3)17(21)14-18(2)12-8-5-9-13-20/h4,6-7,10-11,15,20H,5,8-9,12-14H2,1-3H3. The number of aliphatic hydroxyl groups excluding tert-OH is 1. The Morgan fingerprint density at radius 1 is 1.14 bits per heavy atom. The van der Waals surface area contributed by atoms with E-state index in [1.807, 2.05) is 49.3 Å². The minimum atomic E-state index is 0.0847. The summed E-state index contributed by atoms with van der Waals surface area (Å²) in [5.41, 5.74) is 1.15. The van der Waals surface area contributed by atoms with Crippen molar-refractivity contribution in [1.82, 2.24) is 9.80 Å². The Morgan fingerprint density at radius 3 is 2.43 bits per heavy atom. The summed E-state index contributed by atoms with van der Waals surface area (Å²) in [4.78, 5) is 16.2. The molecule has 1 amide bonds. The van der Waals surface area contributed by atoms with Crippen LogP contribution < -0.4 is 0 Å².